The highest BCUT2D eigenvalue weighted by Gasteiger charge is 2.19. The molecule has 2 atom stereocenters. The van der Waals surface area contributed by atoms with Crippen molar-refractivity contribution < 1.29 is 9.18 Å². The molecule has 0 fully saturated rings. The maximum atomic E-state index is 13.0. The van der Waals surface area contributed by atoms with Crippen LogP contribution in [0.25, 0.3) is 0 Å². The van der Waals surface area contributed by atoms with Crippen molar-refractivity contribution in [1.29, 1.82) is 0 Å². The summed E-state index contributed by atoms with van der Waals surface area (Å²) in [4.78, 5) is 11.7. The van der Waals surface area contributed by atoms with Gasteiger partial charge < -0.3 is 11.1 Å². The topological polar surface area (TPSA) is 55.1 Å². The van der Waals surface area contributed by atoms with Crippen molar-refractivity contribution in [3.05, 3.63) is 35.6 Å². The Morgan fingerprint density at radius 3 is 2.53 bits per heavy atom. The molecule has 0 heterocycles. The monoisotopic (exact) mass is 238 g/mol. The van der Waals surface area contributed by atoms with E-state index in [9.17, 15) is 9.18 Å². The van der Waals surface area contributed by atoms with Crippen molar-refractivity contribution in [3.8, 4) is 0 Å². The predicted octanol–water partition coefficient (Wildman–Crippen LogP) is 1.99. The molecule has 0 radical (unpaired) electrons. The van der Waals surface area contributed by atoms with Crippen molar-refractivity contribution in [2.75, 3.05) is 0 Å². The number of hydrogen-bond acceptors (Lipinski definition) is 2. The van der Waals surface area contributed by atoms with E-state index >= 15 is 0 Å². The molecule has 0 bridgehead atoms. The number of rotatable bonds is 4. The van der Waals surface area contributed by atoms with Crippen molar-refractivity contribution in [1.82, 2.24) is 5.32 Å². The molecule has 0 spiro atoms. The second kappa shape index (κ2) is 5.77. The highest BCUT2D eigenvalue weighted by Crippen LogP contribution is 2.13. The molecule has 0 aliphatic carbocycles. The van der Waals surface area contributed by atoms with Crippen molar-refractivity contribution in [2.24, 2.45) is 11.7 Å². The Bertz CT molecular complexity index is 393. The van der Waals surface area contributed by atoms with Crippen LogP contribution in [-0.4, -0.2) is 11.9 Å². The number of nitrogens with one attached hydrogen (secondary N) is 1. The summed E-state index contributed by atoms with van der Waals surface area (Å²) in [5.41, 5.74) is 6.46. The maximum absolute atomic E-state index is 13.0. The van der Waals surface area contributed by atoms with Crippen LogP contribution in [0.1, 0.15) is 32.4 Å². The first-order chi connectivity index (χ1) is 7.91. The summed E-state index contributed by atoms with van der Waals surface area (Å²) in [7, 11) is 0. The lowest BCUT2D eigenvalue weighted by molar-refractivity contribution is -0.123. The Morgan fingerprint density at radius 1 is 1.35 bits per heavy atom. The van der Waals surface area contributed by atoms with Gasteiger partial charge in [-0.3, -0.25) is 4.79 Å². The number of halogens is 1. The molecule has 1 unspecified atom stereocenters. The molecule has 1 rings (SSSR count). The fourth-order valence-electron chi connectivity index (χ4n) is 1.47. The largest absolute Gasteiger partial charge is 0.348 e. The molecule has 3 nitrogen and oxygen atoms in total. The van der Waals surface area contributed by atoms with Crippen LogP contribution in [0, 0.1) is 11.7 Å². The summed E-state index contributed by atoms with van der Waals surface area (Å²) >= 11 is 0. The van der Waals surface area contributed by atoms with Crippen LogP contribution in [0.2, 0.25) is 0 Å². The molecule has 17 heavy (non-hydrogen) atoms. The number of benzene rings is 1. The van der Waals surface area contributed by atoms with Gasteiger partial charge in [0.15, 0.2) is 0 Å². The highest BCUT2D eigenvalue weighted by molar-refractivity contribution is 5.82. The van der Waals surface area contributed by atoms with Gasteiger partial charge in [-0.15, -0.1) is 0 Å². The minimum atomic E-state index is -0.536. The van der Waals surface area contributed by atoms with E-state index in [1.807, 2.05) is 13.8 Å². The molecular weight excluding hydrogens is 219 g/mol. The zero-order valence-electron chi connectivity index (χ0n) is 10.4. The molecule has 0 aromatic heterocycles. The summed E-state index contributed by atoms with van der Waals surface area (Å²) in [6, 6.07) is 5.39. The van der Waals surface area contributed by atoms with E-state index in [0.29, 0.717) is 0 Å². The SMILES string of the molecule is CC(C)C(N)C(=O)N[C@@H](C)c1cccc(F)c1. The lowest BCUT2D eigenvalue weighted by atomic mass is 10.0. The van der Waals surface area contributed by atoms with Gasteiger partial charge in [0.05, 0.1) is 12.1 Å². The highest BCUT2D eigenvalue weighted by atomic mass is 19.1. The van der Waals surface area contributed by atoms with E-state index in [1.165, 1.54) is 12.1 Å². The van der Waals surface area contributed by atoms with E-state index in [0.717, 1.165) is 5.56 Å². The summed E-state index contributed by atoms with van der Waals surface area (Å²) in [6.45, 7) is 5.58. The van der Waals surface area contributed by atoms with Crippen LogP contribution in [0.3, 0.4) is 0 Å². The van der Waals surface area contributed by atoms with Crippen LogP contribution in [0.15, 0.2) is 24.3 Å². The quantitative estimate of drug-likeness (QED) is 0.842. The van der Waals surface area contributed by atoms with E-state index in [4.69, 9.17) is 5.73 Å². The minimum Gasteiger partial charge on any atom is -0.348 e. The fourth-order valence-corrected chi connectivity index (χ4v) is 1.47. The van der Waals surface area contributed by atoms with Gasteiger partial charge in [-0.05, 0) is 30.5 Å². The Kier molecular flexibility index (Phi) is 4.63. The summed E-state index contributed by atoms with van der Waals surface area (Å²) in [5.74, 6) is -0.441. The average Bonchev–Trinajstić information content (AvgIpc) is 2.27. The third-order valence-corrected chi connectivity index (χ3v) is 2.73. The van der Waals surface area contributed by atoms with Crippen LogP contribution in [0.4, 0.5) is 4.39 Å². The van der Waals surface area contributed by atoms with Gasteiger partial charge in [0.25, 0.3) is 0 Å². The van der Waals surface area contributed by atoms with Gasteiger partial charge in [0, 0.05) is 0 Å². The van der Waals surface area contributed by atoms with E-state index < -0.39 is 6.04 Å². The van der Waals surface area contributed by atoms with Crippen LogP contribution in [-0.2, 0) is 4.79 Å². The van der Waals surface area contributed by atoms with Crippen molar-refractivity contribution in [3.63, 3.8) is 0 Å². The molecule has 3 N–H and O–H groups in total. The first kappa shape index (κ1) is 13.6. The van der Waals surface area contributed by atoms with Crippen molar-refractivity contribution >= 4 is 5.91 Å². The molecule has 1 amide bonds. The van der Waals surface area contributed by atoms with Crippen molar-refractivity contribution in [2.45, 2.75) is 32.9 Å². The molecule has 1 aromatic rings. The minimum absolute atomic E-state index is 0.0784. The normalized spacial score (nSPS) is 14.5. The van der Waals surface area contributed by atoms with Crippen LogP contribution >= 0.6 is 0 Å². The number of carbonyl (C=O) groups excluding carboxylic acids is 1. The Labute approximate surface area is 101 Å². The molecule has 94 valence electrons. The molecule has 0 saturated carbocycles. The fraction of sp³-hybridized carbons (Fsp3) is 0.462. The van der Waals surface area contributed by atoms with E-state index in [2.05, 4.69) is 5.32 Å². The maximum Gasteiger partial charge on any atom is 0.237 e. The smallest absolute Gasteiger partial charge is 0.237 e. The second-order valence-electron chi connectivity index (χ2n) is 4.56. The zero-order chi connectivity index (χ0) is 13.0. The first-order valence-corrected chi connectivity index (χ1v) is 5.73. The number of hydrogen-bond donors (Lipinski definition) is 2. The van der Waals surface area contributed by atoms with Gasteiger partial charge in [-0.25, -0.2) is 4.39 Å². The lowest BCUT2D eigenvalue weighted by Gasteiger charge is -2.20. The van der Waals surface area contributed by atoms with Gasteiger partial charge in [0.2, 0.25) is 5.91 Å². The van der Waals surface area contributed by atoms with Gasteiger partial charge in [-0.2, -0.15) is 0 Å². The van der Waals surface area contributed by atoms with Crippen LogP contribution in [0.5, 0.6) is 0 Å². The predicted molar refractivity (Wildman–Crippen MR) is 65.8 cm³/mol. The molecule has 1 aromatic carbocycles. The summed E-state index contributed by atoms with van der Waals surface area (Å²) in [6.07, 6.45) is 0. The summed E-state index contributed by atoms with van der Waals surface area (Å²) in [5, 5.41) is 2.77. The number of carbonyl (C=O) groups is 1. The Balaban J connectivity index is 2.66. The van der Waals surface area contributed by atoms with Crippen LogP contribution < -0.4 is 11.1 Å². The number of nitrogens with two attached hydrogens (primary N) is 1. The standard InChI is InChI=1S/C13H19FN2O/c1-8(2)12(15)13(17)16-9(3)10-5-4-6-11(14)7-10/h4-9,12H,15H2,1-3H3,(H,16,17)/t9-,12?/m0/s1. The van der Waals surface area contributed by atoms with Gasteiger partial charge >= 0.3 is 0 Å². The number of amides is 1. The molecule has 0 aliphatic heterocycles. The van der Waals surface area contributed by atoms with Gasteiger partial charge in [0.1, 0.15) is 5.82 Å². The third kappa shape index (κ3) is 3.82. The second-order valence-corrected chi connectivity index (χ2v) is 4.56. The lowest BCUT2D eigenvalue weighted by Crippen LogP contribution is -2.44. The summed E-state index contributed by atoms with van der Waals surface area (Å²) < 4.78 is 13.0. The van der Waals surface area contributed by atoms with E-state index in [1.54, 1.807) is 19.1 Å². The first-order valence-electron chi connectivity index (χ1n) is 5.73. The molecule has 4 heteroatoms. The van der Waals surface area contributed by atoms with Gasteiger partial charge in [-0.1, -0.05) is 26.0 Å². The average molecular weight is 238 g/mol. The zero-order valence-corrected chi connectivity index (χ0v) is 10.4. The third-order valence-electron chi connectivity index (χ3n) is 2.73. The molecule has 0 aliphatic rings. The molecular formula is C13H19FN2O. The molecule has 0 saturated heterocycles. The Hall–Kier alpha value is -1.42. The Morgan fingerprint density at radius 2 is 2.00 bits per heavy atom. The van der Waals surface area contributed by atoms with E-state index in [-0.39, 0.29) is 23.7 Å².